The molecule has 138 valence electrons. The number of nitrogens with zero attached hydrogens (tertiary/aromatic N) is 3. The first-order chi connectivity index (χ1) is 12.5. The number of para-hydroxylation sites is 1. The Kier molecular flexibility index (Phi) is 5.55. The minimum Gasteiger partial charge on any atom is -0.367 e. The Bertz CT molecular complexity index is 742. The third-order valence-electron chi connectivity index (χ3n) is 4.25. The third-order valence-corrected chi connectivity index (χ3v) is 4.25. The highest BCUT2D eigenvalue weighted by Gasteiger charge is 2.19. The lowest BCUT2D eigenvalue weighted by Gasteiger charge is -2.37. The number of benzene rings is 1. The van der Waals surface area contributed by atoms with Crippen molar-refractivity contribution in [3.05, 3.63) is 48.4 Å². The molecule has 2 N–H and O–H groups in total. The van der Waals surface area contributed by atoms with E-state index in [-0.39, 0.29) is 17.9 Å². The van der Waals surface area contributed by atoms with E-state index in [9.17, 15) is 9.18 Å². The number of halogens is 1. The molecule has 1 aliphatic heterocycles. The van der Waals surface area contributed by atoms with Gasteiger partial charge in [-0.2, -0.15) is 0 Å². The molecular formula is C19H24FN5O. The number of pyridine rings is 1. The minimum absolute atomic E-state index is 0.0695. The Hall–Kier alpha value is -2.83. The van der Waals surface area contributed by atoms with Gasteiger partial charge in [0.2, 0.25) is 0 Å². The van der Waals surface area contributed by atoms with Crippen molar-refractivity contribution >= 4 is 23.2 Å². The summed E-state index contributed by atoms with van der Waals surface area (Å²) in [6.07, 6.45) is 1.75. The first-order valence-corrected chi connectivity index (χ1v) is 8.81. The molecule has 3 rings (SSSR count). The van der Waals surface area contributed by atoms with Crippen molar-refractivity contribution in [2.75, 3.05) is 41.3 Å². The first kappa shape index (κ1) is 18.0. The average Bonchev–Trinajstić information content (AvgIpc) is 2.62. The molecule has 1 aromatic heterocycles. The van der Waals surface area contributed by atoms with E-state index in [2.05, 4.69) is 25.4 Å². The van der Waals surface area contributed by atoms with Gasteiger partial charge in [0.05, 0.1) is 17.6 Å². The van der Waals surface area contributed by atoms with Crippen LogP contribution in [0, 0.1) is 5.82 Å². The second-order valence-corrected chi connectivity index (χ2v) is 6.58. The van der Waals surface area contributed by atoms with Gasteiger partial charge < -0.3 is 15.1 Å². The molecule has 0 atom stereocenters. The zero-order valence-corrected chi connectivity index (χ0v) is 15.1. The molecule has 1 fully saturated rings. The number of piperazine rings is 1. The molecule has 26 heavy (non-hydrogen) atoms. The van der Waals surface area contributed by atoms with Crippen LogP contribution in [0.25, 0.3) is 0 Å². The molecule has 0 unspecified atom stereocenters. The summed E-state index contributed by atoms with van der Waals surface area (Å²) in [6.45, 7) is 6.87. The molecule has 2 amide bonds. The molecular weight excluding hydrogens is 333 g/mol. The molecule has 1 aromatic carbocycles. The summed E-state index contributed by atoms with van der Waals surface area (Å²) in [5.74, 6) is 0.328. The van der Waals surface area contributed by atoms with Crippen LogP contribution in [0.15, 0.2) is 42.6 Å². The molecule has 6 nitrogen and oxygen atoms in total. The first-order valence-electron chi connectivity index (χ1n) is 8.81. The van der Waals surface area contributed by atoms with Crippen LogP contribution in [-0.4, -0.2) is 43.2 Å². The SMILES string of the molecule is CC(C)NC(=O)Nc1ccc(N2CCN(c3ccccc3F)CC2)cn1. The zero-order chi connectivity index (χ0) is 18.5. The maximum absolute atomic E-state index is 13.9. The Balaban J connectivity index is 1.56. The lowest BCUT2D eigenvalue weighted by molar-refractivity contribution is 0.250. The van der Waals surface area contributed by atoms with E-state index in [0.717, 1.165) is 31.9 Å². The van der Waals surface area contributed by atoms with Crippen LogP contribution in [0.3, 0.4) is 0 Å². The summed E-state index contributed by atoms with van der Waals surface area (Å²) in [4.78, 5) is 20.3. The Morgan fingerprint density at radius 1 is 1.08 bits per heavy atom. The van der Waals surface area contributed by atoms with Crippen LogP contribution in [0.1, 0.15) is 13.8 Å². The number of hydrogen-bond donors (Lipinski definition) is 2. The van der Waals surface area contributed by atoms with Crippen molar-refractivity contribution in [1.29, 1.82) is 0 Å². The number of rotatable bonds is 4. The molecule has 0 radical (unpaired) electrons. The summed E-state index contributed by atoms with van der Waals surface area (Å²) >= 11 is 0. The second-order valence-electron chi connectivity index (χ2n) is 6.58. The highest BCUT2D eigenvalue weighted by molar-refractivity contribution is 5.88. The highest BCUT2D eigenvalue weighted by atomic mass is 19.1. The van der Waals surface area contributed by atoms with Gasteiger partial charge in [0.15, 0.2) is 0 Å². The molecule has 1 aliphatic rings. The van der Waals surface area contributed by atoms with E-state index in [4.69, 9.17) is 0 Å². The Morgan fingerprint density at radius 3 is 2.38 bits per heavy atom. The fraction of sp³-hybridized carbons (Fsp3) is 0.368. The van der Waals surface area contributed by atoms with Crippen LogP contribution in [0.2, 0.25) is 0 Å². The van der Waals surface area contributed by atoms with Crippen molar-refractivity contribution in [2.45, 2.75) is 19.9 Å². The van der Waals surface area contributed by atoms with Gasteiger partial charge in [-0.3, -0.25) is 5.32 Å². The molecule has 2 aromatic rings. The normalized spacial score (nSPS) is 14.5. The summed E-state index contributed by atoms with van der Waals surface area (Å²) in [5.41, 5.74) is 1.65. The summed E-state index contributed by atoms with van der Waals surface area (Å²) in [6, 6.07) is 10.4. The van der Waals surface area contributed by atoms with Gasteiger partial charge in [-0.1, -0.05) is 12.1 Å². The van der Waals surface area contributed by atoms with Crippen molar-refractivity contribution in [3.63, 3.8) is 0 Å². The molecule has 0 aliphatic carbocycles. The Labute approximate surface area is 153 Å². The number of carbonyl (C=O) groups excluding carboxylic acids is 1. The predicted molar refractivity (Wildman–Crippen MR) is 102 cm³/mol. The van der Waals surface area contributed by atoms with Crippen molar-refractivity contribution in [1.82, 2.24) is 10.3 Å². The summed E-state index contributed by atoms with van der Waals surface area (Å²) in [5, 5.41) is 5.47. The van der Waals surface area contributed by atoms with E-state index in [1.807, 2.05) is 32.0 Å². The minimum atomic E-state index is -0.265. The van der Waals surface area contributed by atoms with Gasteiger partial charge in [0, 0.05) is 32.2 Å². The zero-order valence-electron chi connectivity index (χ0n) is 15.1. The van der Waals surface area contributed by atoms with E-state index in [0.29, 0.717) is 11.5 Å². The van der Waals surface area contributed by atoms with E-state index in [1.165, 1.54) is 6.07 Å². The topological polar surface area (TPSA) is 60.5 Å². The number of carbonyl (C=O) groups is 1. The number of aromatic nitrogens is 1. The second kappa shape index (κ2) is 8.03. The van der Waals surface area contributed by atoms with Gasteiger partial charge in [-0.15, -0.1) is 0 Å². The Morgan fingerprint density at radius 2 is 1.77 bits per heavy atom. The van der Waals surface area contributed by atoms with Gasteiger partial charge >= 0.3 is 6.03 Å². The fourth-order valence-corrected chi connectivity index (χ4v) is 2.98. The predicted octanol–water partition coefficient (Wildman–Crippen LogP) is 3.08. The molecule has 0 spiro atoms. The van der Waals surface area contributed by atoms with Crippen molar-refractivity contribution in [2.24, 2.45) is 0 Å². The van der Waals surface area contributed by atoms with Gasteiger partial charge in [-0.25, -0.2) is 14.2 Å². The maximum atomic E-state index is 13.9. The van der Waals surface area contributed by atoms with Gasteiger partial charge in [0.25, 0.3) is 0 Å². The number of hydrogen-bond acceptors (Lipinski definition) is 4. The van der Waals surface area contributed by atoms with Gasteiger partial charge in [0.1, 0.15) is 11.6 Å². The quantitative estimate of drug-likeness (QED) is 0.883. The highest BCUT2D eigenvalue weighted by Crippen LogP contribution is 2.23. The lowest BCUT2D eigenvalue weighted by atomic mass is 10.2. The van der Waals surface area contributed by atoms with E-state index < -0.39 is 0 Å². The van der Waals surface area contributed by atoms with Crippen LogP contribution in [0.5, 0.6) is 0 Å². The smallest absolute Gasteiger partial charge is 0.320 e. The maximum Gasteiger partial charge on any atom is 0.320 e. The van der Waals surface area contributed by atoms with Crippen molar-refractivity contribution in [3.8, 4) is 0 Å². The van der Waals surface area contributed by atoms with Gasteiger partial charge in [-0.05, 0) is 38.1 Å². The fourth-order valence-electron chi connectivity index (χ4n) is 2.98. The van der Waals surface area contributed by atoms with Crippen LogP contribution >= 0.6 is 0 Å². The summed E-state index contributed by atoms with van der Waals surface area (Å²) < 4.78 is 13.9. The monoisotopic (exact) mass is 357 g/mol. The van der Waals surface area contributed by atoms with E-state index in [1.54, 1.807) is 18.3 Å². The molecule has 1 saturated heterocycles. The number of anilines is 3. The van der Waals surface area contributed by atoms with Crippen LogP contribution in [0.4, 0.5) is 26.4 Å². The van der Waals surface area contributed by atoms with Crippen LogP contribution in [-0.2, 0) is 0 Å². The third kappa shape index (κ3) is 4.41. The van der Waals surface area contributed by atoms with Crippen molar-refractivity contribution < 1.29 is 9.18 Å². The number of nitrogens with one attached hydrogen (secondary N) is 2. The van der Waals surface area contributed by atoms with E-state index >= 15 is 0 Å². The summed E-state index contributed by atoms with van der Waals surface area (Å²) in [7, 11) is 0. The molecule has 0 saturated carbocycles. The molecule has 7 heteroatoms. The average molecular weight is 357 g/mol. The van der Waals surface area contributed by atoms with Crippen LogP contribution < -0.4 is 20.4 Å². The molecule has 2 heterocycles. The number of urea groups is 1. The number of amides is 2. The molecule has 0 bridgehead atoms. The lowest BCUT2D eigenvalue weighted by Crippen LogP contribution is -2.46. The standard InChI is InChI=1S/C19H24FN5O/c1-14(2)22-19(26)23-18-8-7-15(13-21-18)24-9-11-25(12-10-24)17-6-4-3-5-16(17)20/h3-8,13-14H,9-12H2,1-2H3,(H2,21,22,23,26). The largest absolute Gasteiger partial charge is 0.367 e.